The maximum atomic E-state index is 14.8. The Morgan fingerprint density at radius 1 is 0.957 bits per heavy atom. The van der Waals surface area contributed by atoms with E-state index in [1.54, 1.807) is 12.1 Å². The highest BCUT2D eigenvalue weighted by Crippen LogP contribution is 2.37. The lowest BCUT2D eigenvalue weighted by Crippen LogP contribution is -2.17. The van der Waals surface area contributed by atoms with Gasteiger partial charge in [-0.1, -0.05) is 50.6 Å². The van der Waals surface area contributed by atoms with Crippen molar-refractivity contribution in [3.05, 3.63) is 52.8 Å². The Morgan fingerprint density at radius 2 is 1.61 bits per heavy atom. The van der Waals surface area contributed by atoms with Gasteiger partial charge in [0.2, 0.25) is 0 Å². The van der Waals surface area contributed by atoms with E-state index >= 15 is 0 Å². The summed E-state index contributed by atoms with van der Waals surface area (Å²) in [6, 6.07) is 8.19. The fourth-order valence-electron chi connectivity index (χ4n) is 2.23. The van der Waals surface area contributed by atoms with Gasteiger partial charge < -0.3 is 4.74 Å². The number of halogens is 5. The van der Waals surface area contributed by atoms with E-state index in [0.717, 1.165) is 12.1 Å². The third-order valence-electron chi connectivity index (χ3n) is 3.27. The predicted octanol–water partition coefficient (Wildman–Crippen LogP) is 6.34. The third kappa shape index (κ3) is 4.16. The molecule has 0 saturated carbocycles. The molecule has 0 aromatic heterocycles. The topological polar surface area (TPSA) is 9.23 Å². The average Bonchev–Trinajstić information content (AvgIpc) is 2.38. The summed E-state index contributed by atoms with van der Waals surface area (Å²) >= 11 is 6.04. The van der Waals surface area contributed by atoms with Gasteiger partial charge in [-0.05, 0) is 29.2 Å². The maximum Gasteiger partial charge on any atom is 0.573 e. The first-order chi connectivity index (χ1) is 10.5. The van der Waals surface area contributed by atoms with Gasteiger partial charge in [0.1, 0.15) is 11.6 Å². The molecule has 0 aliphatic heterocycles. The summed E-state index contributed by atoms with van der Waals surface area (Å²) in [5.41, 5.74) is 0.285. The van der Waals surface area contributed by atoms with E-state index in [1.165, 1.54) is 12.1 Å². The Kier molecular flexibility index (Phi) is 4.62. The predicted molar refractivity (Wildman–Crippen MR) is 82.2 cm³/mol. The highest BCUT2D eigenvalue weighted by atomic mass is 35.5. The van der Waals surface area contributed by atoms with Crippen LogP contribution in [0.5, 0.6) is 5.75 Å². The Hall–Kier alpha value is -1.75. The van der Waals surface area contributed by atoms with Crippen molar-refractivity contribution in [2.24, 2.45) is 0 Å². The van der Waals surface area contributed by atoms with Crippen LogP contribution in [-0.4, -0.2) is 6.36 Å². The van der Waals surface area contributed by atoms with Gasteiger partial charge in [0.05, 0.1) is 0 Å². The molecule has 0 bridgehead atoms. The number of benzene rings is 2. The van der Waals surface area contributed by atoms with E-state index in [0.29, 0.717) is 5.56 Å². The van der Waals surface area contributed by atoms with Crippen molar-refractivity contribution in [1.29, 1.82) is 0 Å². The minimum absolute atomic E-state index is 0.134. The second kappa shape index (κ2) is 6.04. The largest absolute Gasteiger partial charge is 0.573 e. The molecule has 0 atom stereocenters. The van der Waals surface area contributed by atoms with Gasteiger partial charge in [0.25, 0.3) is 0 Å². The number of hydrogen-bond donors (Lipinski definition) is 0. The number of rotatable bonds is 2. The van der Waals surface area contributed by atoms with E-state index in [9.17, 15) is 17.6 Å². The lowest BCUT2D eigenvalue weighted by molar-refractivity contribution is -0.274. The maximum absolute atomic E-state index is 14.8. The molecule has 0 radical (unpaired) electrons. The normalized spacial score (nSPS) is 12.3. The molecule has 6 heteroatoms. The Morgan fingerprint density at radius 3 is 2.17 bits per heavy atom. The zero-order chi connectivity index (χ0) is 17.4. The minimum atomic E-state index is -4.82. The minimum Gasteiger partial charge on any atom is -0.406 e. The van der Waals surface area contributed by atoms with Gasteiger partial charge in [0.15, 0.2) is 0 Å². The van der Waals surface area contributed by atoms with Crippen LogP contribution in [0.3, 0.4) is 0 Å². The lowest BCUT2D eigenvalue weighted by Gasteiger charge is -2.21. The van der Waals surface area contributed by atoms with Crippen LogP contribution in [0.2, 0.25) is 5.02 Å². The van der Waals surface area contributed by atoms with Crippen molar-refractivity contribution >= 4 is 11.6 Å². The van der Waals surface area contributed by atoms with Gasteiger partial charge in [0, 0.05) is 16.1 Å². The quantitative estimate of drug-likeness (QED) is 0.576. The summed E-state index contributed by atoms with van der Waals surface area (Å²) in [6.45, 7) is 5.54. The van der Waals surface area contributed by atoms with Crippen LogP contribution in [0.4, 0.5) is 17.6 Å². The highest BCUT2D eigenvalue weighted by molar-refractivity contribution is 6.33. The standard InChI is InChI=1S/C17H15ClF4O/c1-16(2,3)13-6-4-5-11(15(13)19)12-9-10(7-8-14(12)18)23-17(20,21)22/h4-9H,1-3H3. The van der Waals surface area contributed by atoms with Crippen LogP contribution in [0.25, 0.3) is 11.1 Å². The SMILES string of the molecule is CC(C)(C)c1cccc(-c2cc(OC(F)(F)F)ccc2Cl)c1F. The molecule has 0 aliphatic carbocycles. The van der Waals surface area contributed by atoms with Crippen molar-refractivity contribution in [2.45, 2.75) is 32.5 Å². The fraction of sp³-hybridized carbons (Fsp3) is 0.294. The number of alkyl halides is 3. The molecule has 0 saturated heterocycles. The molecule has 124 valence electrons. The van der Waals surface area contributed by atoms with Crippen molar-refractivity contribution in [2.75, 3.05) is 0 Å². The summed E-state index contributed by atoms with van der Waals surface area (Å²) in [6.07, 6.45) is -4.82. The lowest BCUT2D eigenvalue weighted by atomic mass is 9.85. The first-order valence-corrected chi connectivity index (χ1v) is 7.21. The number of ether oxygens (including phenoxy) is 1. The van der Waals surface area contributed by atoms with Crippen molar-refractivity contribution in [3.63, 3.8) is 0 Å². The first kappa shape index (κ1) is 17.6. The third-order valence-corrected chi connectivity index (χ3v) is 3.60. The van der Waals surface area contributed by atoms with E-state index in [1.807, 2.05) is 20.8 Å². The van der Waals surface area contributed by atoms with Gasteiger partial charge in [-0.15, -0.1) is 13.2 Å². The molecular weight excluding hydrogens is 332 g/mol. The summed E-state index contributed by atoms with van der Waals surface area (Å²) in [4.78, 5) is 0. The summed E-state index contributed by atoms with van der Waals surface area (Å²) in [7, 11) is 0. The van der Waals surface area contributed by atoms with Gasteiger partial charge in [-0.3, -0.25) is 0 Å². The molecule has 2 aromatic carbocycles. The molecule has 2 rings (SSSR count). The first-order valence-electron chi connectivity index (χ1n) is 6.84. The van der Waals surface area contributed by atoms with Crippen molar-refractivity contribution in [3.8, 4) is 16.9 Å². The zero-order valence-electron chi connectivity index (χ0n) is 12.8. The van der Waals surface area contributed by atoms with E-state index < -0.39 is 23.3 Å². The van der Waals surface area contributed by atoms with Crippen molar-refractivity contribution in [1.82, 2.24) is 0 Å². The fourth-order valence-corrected chi connectivity index (χ4v) is 2.45. The van der Waals surface area contributed by atoms with Crippen LogP contribution < -0.4 is 4.74 Å². The van der Waals surface area contributed by atoms with Crippen molar-refractivity contribution < 1.29 is 22.3 Å². The van der Waals surface area contributed by atoms with Gasteiger partial charge >= 0.3 is 6.36 Å². The molecular formula is C17H15ClF4O. The van der Waals surface area contributed by atoms with E-state index in [2.05, 4.69) is 4.74 Å². The van der Waals surface area contributed by atoms with Crippen LogP contribution in [0, 0.1) is 5.82 Å². The van der Waals surface area contributed by atoms with Gasteiger partial charge in [-0.25, -0.2) is 4.39 Å². The van der Waals surface area contributed by atoms with Gasteiger partial charge in [-0.2, -0.15) is 0 Å². The Bertz CT molecular complexity index is 718. The summed E-state index contributed by atoms with van der Waals surface area (Å²) in [5.74, 6) is -0.955. The molecule has 23 heavy (non-hydrogen) atoms. The molecule has 0 spiro atoms. The smallest absolute Gasteiger partial charge is 0.406 e. The Balaban J connectivity index is 2.56. The second-order valence-corrected chi connectivity index (χ2v) is 6.51. The molecule has 0 amide bonds. The van der Waals surface area contributed by atoms with Crippen LogP contribution >= 0.6 is 11.6 Å². The molecule has 2 aromatic rings. The van der Waals surface area contributed by atoms with Crippen LogP contribution in [0.1, 0.15) is 26.3 Å². The Labute approximate surface area is 136 Å². The molecule has 0 aliphatic rings. The summed E-state index contributed by atoms with van der Waals surface area (Å²) in [5, 5.41) is 0.143. The molecule has 0 N–H and O–H groups in total. The monoisotopic (exact) mass is 346 g/mol. The van der Waals surface area contributed by atoms with E-state index in [-0.39, 0.29) is 16.1 Å². The van der Waals surface area contributed by atoms with Crippen LogP contribution in [-0.2, 0) is 5.41 Å². The average molecular weight is 347 g/mol. The second-order valence-electron chi connectivity index (χ2n) is 6.11. The van der Waals surface area contributed by atoms with E-state index in [4.69, 9.17) is 11.6 Å². The molecule has 0 heterocycles. The molecule has 0 unspecified atom stereocenters. The van der Waals surface area contributed by atoms with Crippen LogP contribution in [0.15, 0.2) is 36.4 Å². The highest BCUT2D eigenvalue weighted by Gasteiger charge is 2.31. The molecule has 1 nitrogen and oxygen atoms in total. The molecule has 0 fully saturated rings. The zero-order valence-corrected chi connectivity index (χ0v) is 13.5. The number of hydrogen-bond acceptors (Lipinski definition) is 1. The summed E-state index contributed by atoms with van der Waals surface area (Å²) < 4.78 is 55.7.